The fraction of sp³-hybridized carbons (Fsp3) is 0.333. The van der Waals surface area contributed by atoms with Gasteiger partial charge in [-0.05, 0) is 43.5 Å². The number of carbonyl (C=O) groups is 1. The van der Waals surface area contributed by atoms with E-state index in [-0.39, 0.29) is 17.7 Å². The van der Waals surface area contributed by atoms with Crippen LogP contribution in [-0.2, 0) is 10.0 Å². The molecule has 8 heteroatoms. The first-order valence-corrected chi connectivity index (χ1v) is 12.6. The van der Waals surface area contributed by atoms with Gasteiger partial charge in [0.15, 0.2) is 0 Å². The van der Waals surface area contributed by atoms with Gasteiger partial charge in [0.05, 0.1) is 23.3 Å². The van der Waals surface area contributed by atoms with E-state index in [1.807, 2.05) is 66.2 Å². The van der Waals surface area contributed by atoms with Crippen molar-refractivity contribution >= 4 is 15.9 Å². The molecule has 0 bridgehead atoms. The van der Waals surface area contributed by atoms with Gasteiger partial charge in [0.1, 0.15) is 0 Å². The van der Waals surface area contributed by atoms with Gasteiger partial charge in [-0.2, -0.15) is 5.10 Å². The third kappa shape index (κ3) is 4.92. The molecule has 0 saturated carbocycles. The number of nitrogens with zero attached hydrogens (tertiary/aromatic N) is 3. The van der Waals surface area contributed by atoms with E-state index in [1.54, 1.807) is 16.6 Å². The highest BCUT2D eigenvalue weighted by atomic mass is 32.2. The lowest BCUT2D eigenvalue weighted by molar-refractivity contribution is 0.0924. The van der Waals surface area contributed by atoms with Gasteiger partial charge in [0.2, 0.25) is 10.0 Å². The molecule has 1 saturated heterocycles. The predicted octanol–water partition coefficient (Wildman–Crippen LogP) is 3.47. The highest BCUT2D eigenvalue weighted by Crippen LogP contribution is 2.23. The molecule has 3 aromatic rings. The van der Waals surface area contributed by atoms with Crippen molar-refractivity contribution in [3.05, 3.63) is 72.4 Å². The minimum atomic E-state index is -3.18. The molecule has 1 N–H and O–H groups in total. The highest BCUT2D eigenvalue weighted by Gasteiger charge is 2.28. The molecule has 2 aromatic carbocycles. The maximum Gasteiger partial charge on any atom is 0.251 e. The van der Waals surface area contributed by atoms with Crippen LogP contribution in [0.3, 0.4) is 0 Å². The van der Waals surface area contributed by atoms with Crippen LogP contribution in [-0.4, -0.2) is 53.3 Å². The molecule has 0 unspecified atom stereocenters. The molecule has 1 amide bonds. The molecule has 7 nitrogen and oxygen atoms in total. The van der Waals surface area contributed by atoms with E-state index in [4.69, 9.17) is 0 Å². The number of hydrogen-bond acceptors (Lipinski definition) is 4. The van der Waals surface area contributed by atoms with Crippen LogP contribution in [0.2, 0.25) is 0 Å². The number of nitrogens with one attached hydrogen (secondary N) is 1. The van der Waals surface area contributed by atoms with E-state index in [9.17, 15) is 13.2 Å². The van der Waals surface area contributed by atoms with Gasteiger partial charge in [0, 0.05) is 30.3 Å². The van der Waals surface area contributed by atoms with Crippen LogP contribution in [0.15, 0.2) is 66.9 Å². The van der Waals surface area contributed by atoms with Gasteiger partial charge < -0.3 is 5.32 Å². The van der Waals surface area contributed by atoms with Crippen molar-refractivity contribution in [1.82, 2.24) is 19.4 Å². The number of benzene rings is 2. The van der Waals surface area contributed by atoms with Crippen molar-refractivity contribution in [2.24, 2.45) is 0 Å². The molecule has 0 atom stereocenters. The normalized spacial score (nSPS) is 15.5. The first-order valence-electron chi connectivity index (χ1n) is 11.0. The molecule has 1 aliphatic rings. The zero-order chi connectivity index (χ0) is 22.6. The molecular formula is C24H28N4O3S. The zero-order valence-corrected chi connectivity index (χ0v) is 19.0. The first kappa shape index (κ1) is 22.2. The summed E-state index contributed by atoms with van der Waals surface area (Å²) >= 11 is 0. The van der Waals surface area contributed by atoms with Crippen molar-refractivity contribution < 1.29 is 13.2 Å². The topological polar surface area (TPSA) is 84.3 Å². The number of rotatable bonds is 7. The molecule has 2 heterocycles. The summed E-state index contributed by atoms with van der Waals surface area (Å²) in [4.78, 5) is 12.9. The molecule has 0 spiro atoms. The largest absolute Gasteiger partial charge is 0.349 e. The van der Waals surface area contributed by atoms with Crippen LogP contribution < -0.4 is 5.32 Å². The summed E-state index contributed by atoms with van der Waals surface area (Å²) in [6.07, 6.45) is 3.59. The Hall–Kier alpha value is -2.97. The van der Waals surface area contributed by atoms with E-state index in [1.165, 1.54) is 0 Å². The number of carbonyl (C=O) groups excluding carboxylic acids is 1. The second-order valence-corrected chi connectivity index (χ2v) is 10.1. The van der Waals surface area contributed by atoms with Crippen molar-refractivity contribution in [3.63, 3.8) is 0 Å². The van der Waals surface area contributed by atoms with Gasteiger partial charge >= 0.3 is 0 Å². The van der Waals surface area contributed by atoms with E-state index in [2.05, 4.69) is 10.4 Å². The third-order valence-corrected chi connectivity index (χ3v) is 7.79. The SMILES string of the molecule is CCCS(=O)(=O)N1CCC(NC(=O)c2cccc(-n3nccc3-c3ccccc3)c2)CC1. The summed E-state index contributed by atoms with van der Waals surface area (Å²) in [5.74, 6) is 0.0185. The lowest BCUT2D eigenvalue weighted by atomic mass is 10.1. The summed E-state index contributed by atoms with van der Waals surface area (Å²) in [7, 11) is -3.18. The Labute approximate surface area is 189 Å². The van der Waals surface area contributed by atoms with Crippen LogP contribution in [0.4, 0.5) is 0 Å². The highest BCUT2D eigenvalue weighted by molar-refractivity contribution is 7.89. The molecule has 4 rings (SSSR count). The van der Waals surface area contributed by atoms with E-state index >= 15 is 0 Å². The lowest BCUT2D eigenvalue weighted by Crippen LogP contribution is -2.47. The Bertz CT molecular complexity index is 1170. The summed E-state index contributed by atoms with van der Waals surface area (Å²) in [6, 6.07) is 19.3. The Morgan fingerprint density at radius 3 is 2.53 bits per heavy atom. The van der Waals surface area contributed by atoms with E-state index in [0.29, 0.717) is 37.9 Å². The van der Waals surface area contributed by atoms with Crippen LogP contribution in [0.25, 0.3) is 16.9 Å². The standard InChI is InChI=1S/C24H28N4O3S/c1-2-17-32(30,31)27-15-12-21(13-16-27)26-24(29)20-9-6-10-22(18-20)28-23(11-14-25-28)19-7-4-3-5-8-19/h3-11,14,18,21H,2,12-13,15-17H2,1H3,(H,26,29). The van der Waals surface area contributed by atoms with Gasteiger partial charge in [-0.3, -0.25) is 4.79 Å². The first-order chi connectivity index (χ1) is 15.5. The summed E-state index contributed by atoms with van der Waals surface area (Å²) in [5.41, 5.74) is 3.36. The van der Waals surface area contributed by atoms with Crippen LogP contribution >= 0.6 is 0 Å². The average Bonchev–Trinajstić information content (AvgIpc) is 3.30. The third-order valence-electron chi connectivity index (χ3n) is 5.71. The van der Waals surface area contributed by atoms with Crippen molar-refractivity contribution in [2.75, 3.05) is 18.8 Å². The number of sulfonamides is 1. The molecular weight excluding hydrogens is 424 g/mol. The summed E-state index contributed by atoms with van der Waals surface area (Å²) in [5, 5.41) is 7.52. The fourth-order valence-corrected chi connectivity index (χ4v) is 5.59. The van der Waals surface area contributed by atoms with E-state index in [0.717, 1.165) is 16.9 Å². The minimum absolute atomic E-state index is 0.0381. The zero-order valence-electron chi connectivity index (χ0n) is 18.1. The monoisotopic (exact) mass is 452 g/mol. The second kappa shape index (κ2) is 9.67. The summed E-state index contributed by atoms with van der Waals surface area (Å²) in [6.45, 7) is 2.76. The quantitative estimate of drug-likeness (QED) is 0.595. The molecule has 1 aromatic heterocycles. The molecule has 0 aliphatic carbocycles. The smallest absolute Gasteiger partial charge is 0.251 e. The number of hydrogen-bond donors (Lipinski definition) is 1. The van der Waals surface area contributed by atoms with Crippen LogP contribution in [0.1, 0.15) is 36.5 Å². The van der Waals surface area contributed by atoms with Crippen LogP contribution in [0, 0.1) is 0 Å². The second-order valence-electron chi connectivity index (χ2n) is 8.01. The number of aromatic nitrogens is 2. The predicted molar refractivity (Wildman–Crippen MR) is 125 cm³/mol. The van der Waals surface area contributed by atoms with Gasteiger partial charge in [0.25, 0.3) is 5.91 Å². The molecule has 168 valence electrons. The lowest BCUT2D eigenvalue weighted by Gasteiger charge is -2.31. The molecule has 32 heavy (non-hydrogen) atoms. The number of piperidine rings is 1. The van der Waals surface area contributed by atoms with Crippen LogP contribution in [0.5, 0.6) is 0 Å². The fourth-order valence-electron chi connectivity index (χ4n) is 4.05. The summed E-state index contributed by atoms with van der Waals surface area (Å²) < 4.78 is 27.9. The Kier molecular flexibility index (Phi) is 6.72. The van der Waals surface area contributed by atoms with Gasteiger partial charge in [-0.1, -0.05) is 43.3 Å². The number of amides is 1. The molecule has 1 fully saturated rings. The molecule has 0 radical (unpaired) electrons. The maximum absolute atomic E-state index is 12.9. The average molecular weight is 453 g/mol. The Morgan fingerprint density at radius 1 is 1.06 bits per heavy atom. The van der Waals surface area contributed by atoms with Gasteiger partial charge in [-0.25, -0.2) is 17.4 Å². The molecule has 1 aliphatic heterocycles. The Balaban J connectivity index is 1.44. The Morgan fingerprint density at radius 2 is 1.81 bits per heavy atom. The van der Waals surface area contributed by atoms with Crippen molar-refractivity contribution in [1.29, 1.82) is 0 Å². The van der Waals surface area contributed by atoms with Crippen molar-refractivity contribution in [2.45, 2.75) is 32.2 Å². The van der Waals surface area contributed by atoms with Gasteiger partial charge in [-0.15, -0.1) is 0 Å². The minimum Gasteiger partial charge on any atom is -0.349 e. The maximum atomic E-state index is 12.9. The van der Waals surface area contributed by atoms with E-state index < -0.39 is 10.0 Å². The van der Waals surface area contributed by atoms with Crippen molar-refractivity contribution in [3.8, 4) is 16.9 Å².